The minimum Gasteiger partial charge on any atom is -0.330 e. The van der Waals surface area contributed by atoms with Gasteiger partial charge >= 0.3 is 0 Å². The van der Waals surface area contributed by atoms with Crippen LogP contribution in [0.1, 0.15) is 49.6 Å². The molecule has 0 bridgehead atoms. The molecule has 0 saturated heterocycles. The highest BCUT2D eigenvalue weighted by Crippen LogP contribution is 2.20. The lowest BCUT2D eigenvalue weighted by molar-refractivity contribution is 0.241. The number of hydrogen-bond donors (Lipinski definition) is 1. The molecule has 0 aliphatic rings. The van der Waals surface area contributed by atoms with E-state index in [0.717, 1.165) is 37.3 Å². The van der Waals surface area contributed by atoms with E-state index in [1.807, 2.05) is 6.07 Å². The summed E-state index contributed by atoms with van der Waals surface area (Å²) in [5.41, 5.74) is 7.98. The van der Waals surface area contributed by atoms with Gasteiger partial charge in [-0.2, -0.15) is 0 Å². The van der Waals surface area contributed by atoms with Gasteiger partial charge in [-0.1, -0.05) is 19.9 Å². The molecule has 0 saturated carbocycles. The maximum Gasteiger partial charge on any atom is 0.148 e. The van der Waals surface area contributed by atoms with E-state index in [1.54, 1.807) is 6.20 Å². The number of halogens is 2. The lowest BCUT2D eigenvalue weighted by atomic mass is 10.0. The molecule has 136 valence electrons. The summed E-state index contributed by atoms with van der Waals surface area (Å²) in [6.45, 7) is 6.53. The standard InChI is InChI=1S/C19H26F2N4/c1-14(2)16-6-5-8-23-18(16)12-25(9-4-3-7-22)13-19-17(21)10-15(20)11-24-19/h5-6,8,10-11,14H,3-4,7,9,12-13,22H2,1-2H3. The first kappa shape index (κ1) is 19.4. The van der Waals surface area contributed by atoms with Crippen molar-refractivity contribution in [3.63, 3.8) is 0 Å². The number of aromatic nitrogens is 2. The Bertz CT molecular complexity index is 676. The predicted molar refractivity (Wildman–Crippen MR) is 94.9 cm³/mol. The fourth-order valence-electron chi connectivity index (χ4n) is 2.78. The van der Waals surface area contributed by atoms with Crippen molar-refractivity contribution in [3.8, 4) is 0 Å². The lowest BCUT2D eigenvalue weighted by Gasteiger charge is -2.23. The maximum absolute atomic E-state index is 14.0. The zero-order valence-electron chi connectivity index (χ0n) is 14.9. The van der Waals surface area contributed by atoms with Crippen LogP contribution < -0.4 is 5.73 Å². The molecule has 2 aromatic heterocycles. The van der Waals surface area contributed by atoms with Gasteiger partial charge < -0.3 is 5.73 Å². The van der Waals surface area contributed by atoms with Crippen LogP contribution in [0.2, 0.25) is 0 Å². The molecule has 2 rings (SSSR count). The quantitative estimate of drug-likeness (QED) is 0.703. The van der Waals surface area contributed by atoms with Crippen molar-refractivity contribution in [3.05, 3.63) is 59.2 Å². The minimum atomic E-state index is -0.664. The maximum atomic E-state index is 14.0. The van der Waals surface area contributed by atoms with Crippen LogP contribution in [0.5, 0.6) is 0 Å². The summed E-state index contributed by atoms with van der Waals surface area (Å²) < 4.78 is 27.1. The van der Waals surface area contributed by atoms with Crippen LogP contribution in [0.4, 0.5) is 8.78 Å². The highest BCUT2D eigenvalue weighted by molar-refractivity contribution is 5.23. The number of rotatable bonds is 9. The van der Waals surface area contributed by atoms with Gasteiger partial charge in [0.2, 0.25) is 0 Å². The summed E-state index contributed by atoms with van der Waals surface area (Å²) in [4.78, 5) is 10.5. The molecule has 4 nitrogen and oxygen atoms in total. The molecule has 0 amide bonds. The molecule has 0 aliphatic heterocycles. The third-order valence-corrected chi connectivity index (χ3v) is 4.11. The summed E-state index contributed by atoms with van der Waals surface area (Å²) in [6.07, 6.45) is 4.63. The second-order valence-electron chi connectivity index (χ2n) is 6.48. The highest BCUT2D eigenvalue weighted by atomic mass is 19.1. The molecule has 0 unspecified atom stereocenters. The molecule has 2 aromatic rings. The van der Waals surface area contributed by atoms with E-state index in [2.05, 4.69) is 34.8 Å². The Labute approximate surface area is 148 Å². The Morgan fingerprint density at radius 3 is 2.56 bits per heavy atom. The fraction of sp³-hybridized carbons (Fsp3) is 0.474. The molecular formula is C19H26F2N4. The van der Waals surface area contributed by atoms with E-state index in [1.165, 1.54) is 5.56 Å². The molecule has 0 radical (unpaired) electrons. The van der Waals surface area contributed by atoms with Crippen molar-refractivity contribution in [2.75, 3.05) is 13.1 Å². The number of nitrogens with zero attached hydrogens (tertiary/aromatic N) is 3. The zero-order chi connectivity index (χ0) is 18.2. The molecule has 0 aromatic carbocycles. The van der Waals surface area contributed by atoms with Gasteiger partial charge in [-0.15, -0.1) is 0 Å². The molecule has 25 heavy (non-hydrogen) atoms. The minimum absolute atomic E-state index is 0.246. The van der Waals surface area contributed by atoms with Crippen LogP contribution in [-0.2, 0) is 13.1 Å². The smallest absolute Gasteiger partial charge is 0.148 e. The predicted octanol–water partition coefficient (Wildman–Crippen LogP) is 3.62. The van der Waals surface area contributed by atoms with Gasteiger partial charge in [-0.3, -0.25) is 14.9 Å². The van der Waals surface area contributed by atoms with Crippen molar-refractivity contribution in [2.24, 2.45) is 5.73 Å². The van der Waals surface area contributed by atoms with E-state index in [9.17, 15) is 8.78 Å². The second-order valence-corrected chi connectivity index (χ2v) is 6.48. The van der Waals surface area contributed by atoms with Gasteiger partial charge in [0.1, 0.15) is 11.6 Å². The Balaban J connectivity index is 2.18. The molecule has 6 heteroatoms. The number of nitrogens with two attached hydrogens (primary N) is 1. The molecule has 2 heterocycles. The molecule has 0 spiro atoms. The summed E-state index contributed by atoms with van der Waals surface area (Å²) in [6, 6.07) is 4.88. The van der Waals surface area contributed by atoms with E-state index in [4.69, 9.17) is 5.73 Å². The van der Waals surface area contributed by atoms with Crippen molar-refractivity contribution in [2.45, 2.75) is 45.7 Å². The van der Waals surface area contributed by atoms with Gasteiger partial charge in [-0.05, 0) is 43.5 Å². The fourth-order valence-corrected chi connectivity index (χ4v) is 2.78. The van der Waals surface area contributed by atoms with Crippen molar-refractivity contribution < 1.29 is 8.78 Å². The van der Waals surface area contributed by atoms with Gasteiger partial charge in [0.25, 0.3) is 0 Å². The van der Waals surface area contributed by atoms with Crippen molar-refractivity contribution in [1.29, 1.82) is 0 Å². The normalized spacial score (nSPS) is 11.5. The van der Waals surface area contributed by atoms with Crippen LogP contribution in [0.3, 0.4) is 0 Å². The highest BCUT2D eigenvalue weighted by Gasteiger charge is 2.15. The second kappa shape index (κ2) is 9.53. The van der Waals surface area contributed by atoms with Gasteiger partial charge in [0, 0.05) is 25.4 Å². The molecule has 0 fully saturated rings. The molecule has 2 N–H and O–H groups in total. The average molecular weight is 348 g/mol. The first-order valence-corrected chi connectivity index (χ1v) is 8.67. The Kier molecular flexibility index (Phi) is 7.40. The van der Waals surface area contributed by atoms with Crippen LogP contribution in [-0.4, -0.2) is 28.0 Å². The van der Waals surface area contributed by atoms with Gasteiger partial charge in [0.05, 0.1) is 17.6 Å². The van der Waals surface area contributed by atoms with E-state index >= 15 is 0 Å². The van der Waals surface area contributed by atoms with Crippen LogP contribution in [0, 0.1) is 11.6 Å². The number of pyridine rings is 2. The third-order valence-electron chi connectivity index (χ3n) is 4.11. The van der Waals surface area contributed by atoms with Crippen LogP contribution in [0.15, 0.2) is 30.6 Å². The Hall–Kier alpha value is -1.92. The monoisotopic (exact) mass is 348 g/mol. The lowest BCUT2D eigenvalue weighted by Crippen LogP contribution is -2.27. The Morgan fingerprint density at radius 1 is 1.12 bits per heavy atom. The summed E-state index contributed by atoms with van der Waals surface area (Å²) in [5.74, 6) is -0.924. The van der Waals surface area contributed by atoms with Gasteiger partial charge in [0.15, 0.2) is 0 Å². The topological polar surface area (TPSA) is 55.0 Å². The third kappa shape index (κ3) is 5.83. The molecule has 0 aliphatic carbocycles. The average Bonchev–Trinajstić information content (AvgIpc) is 2.57. The van der Waals surface area contributed by atoms with Gasteiger partial charge in [-0.25, -0.2) is 8.78 Å². The summed E-state index contributed by atoms with van der Waals surface area (Å²) in [7, 11) is 0. The van der Waals surface area contributed by atoms with E-state index in [0.29, 0.717) is 25.6 Å². The largest absolute Gasteiger partial charge is 0.330 e. The van der Waals surface area contributed by atoms with E-state index in [-0.39, 0.29) is 5.69 Å². The van der Waals surface area contributed by atoms with E-state index < -0.39 is 11.6 Å². The first-order valence-electron chi connectivity index (χ1n) is 8.67. The summed E-state index contributed by atoms with van der Waals surface area (Å²) in [5, 5.41) is 0. The SMILES string of the molecule is CC(C)c1cccnc1CN(CCCCN)Cc1ncc(F)cc1F. The van der Waals surface area contributed by atoms with Crippen LogP contribution >= 0.6 is 0 Å². The molecular weight excluding hydrogens is 322 g/mol. The summed E-state index contributed by atoms with van der Waals surface area (Å²) >= 11 is 0. The van der Waals surface area contributed by atoms with Crippen LogP contribution in [0.25, 0.3) is 0 Å². The van der Waals surface area contributed by atoms with Crippen molar-refractivity contribution >= 4 is 0 Å². The number of hydrogen-bond acceptors (Lipinski definition) is 4. The first-order chi connectivity index (χ1) is 12.0. The molecule has 0 atom stereocenters. The number of unbranched alkanes of at least 4 members (excludes halogenated alkanes) is 1. The zero-order valence-corrected chi connectivity index (χ0v) is 14.9. The van der Waals surface area contributed by atoms with Crippen molar-refractivity contribution in [1.82, 2.24) is 14.9 Å². The Morgan fingerprint density at radius 2 is 1.88 bits per heavy atom.